The molecule has 0 unspecified atom stereocenters. The molecule has 0 radical (unpaired) electrons. The third kappa shape index (κ3) is 3.63. The van der Waals surface area contributed by atoms with Gasteiger partial charge >= 0.3 is 0 Å². The van der Waals surface area contributed by atoms with Crippen molar-refractivity contribution in [3.63, 3.8) is 0 Å². The van der Waals surface area contributed by atoms with Crippen LogP contribution in [0.5, 0.6) is 10.9 Å². The molecule has 0 atom stereocenters. The molecule has 0 aliphatic carbocycles. The fourth-order valence-corrected chi connectivity index (χ4v) is 3.02. The fourth-order valence-electron chi connectivity index (χ4n) is 2.18. The summed E-state index contributed by atoms with van der Waals surface area (Å²) >= 11 is 0.906. The van der Waals surface area contributed by atoms with Crippen LogP contribution in [0.1, 0.15) is 18.9 Å². The van der Waals surface area contributed by atoms with Crippen molar-refractivity contribution in [3.05, 3.63) is 53.1 Å². The minimum Gasteiger partial charge on any atom is -0.431 e. The summed E-state index contributed by atoms with van der Waals surface area (Å²) in [5, 5.41) is -0.0174. The number of thiazole rings is 1. The Hall–Kier alpha value is -2.48. The second kappa shape index (κ2) is 6.79. The molecule has 0 saturated heterocycles. The fraction of sp³-hybridized carbons (Fsp3) is 0.176. The first-order valence-electron chi connectivity index (χ1n) is 7.30. The molecule has 0 aliphatic rings. The molecule has 0 spiro atoms. The van der Waals surface area contributed by atoms with Gasteiger partial charge in [0, 0.05) is 36.6 Å². The predicted molar refractivity (Wildman–Crippen MR) is 85.0 cm³/mol. The first-order valence-corrected chi connectivity index (χ1v) is 8.12. The van der Waals surface area contributed by atoms with Gasteiger partial charge in [0.15, 0.2) is 11.6 Å². The summed E-state index contributed by atoms with van der Waals surface area (Å²) in [4.78, 5) is 15.3. The van der Waals surface area contributed by atoms with E-state index >= 15 is 0 Å². The lowest BCUT2D eigenvalue weighted by atomic mass is 10.1. The van der Waals surface area contributed by atoms with Gasteiger partial charge in [-0.05, 0) is 6.07 Å². The standard InChI is InChI=1S/C17H11F4NO2S/c1-2-8(23)3-10-11(18)4-9(5-12(10)19)24-17-22-15-6-13(20)14(21)7-16(15)25-17/h4-7H,2-3H2,1H3. The molecule has 1 heterocycles. The van der Waals surface area contributed by atoms with Crippen LogP contribution in [0.15, 0.2) is 24.3 Å². The number of hydrogen-bond acceptors (Lipinski definition) is 4. The van der Waals surface area contributed by atoms with E-state index in [1.54, 1.807) is 6.92 Å². The SMILES string of the molecule is CCC(=O)Cc1c(F)cc(Oc2nc3cc(F)c(F)cc3s2)cc1F. The average Bonchev–Trinajstić information content (AvgIpc) is 2.92. The summed E-state index contributed by atoms with van der Waals surface area (Å²) in [5.74, 6) is -4.34. The number of Topliss-reactive ketones (excluding diaryl/α,β-unsaturated/α-hetero) is 1. The molecule has 0 amide bonds. The maximum atomic E-state index is 14.0. The zero-order chi connectivity index (χ0) is 18.1. The quantitative estimate of drug-likeness (QED) is 0.583. The largest absolute Gasteiger partial charge is 0.431 e. The number of rotatable bonds is 5. The molecule has 0 fully saturated rings. The zero-order valence-electron chi connectivity index (χ0n) is 12.9. The first kappa shape index (κ1) is 17.3. The molecule has 3 nitrogen and oxygen atoms in total. The lowest BCUT2D eigenvalue weighted by molar-refractivity contribution is -0.118. The number of benzene rings is 2. The normalized spacial score (nSPS) is 11.1. The Balaban J connectivity index is 1.89. The van der Waals surface area contributed by atoms with Gasteiger partial charge in [0.1, 0.15) is 23.2 Å². The van der Waals surface area contributed by atoms with Gasteiger partial charge in [-0.15, -0.1) is 0 Å². The lowest BCUT2D eigenvalue weighted by Gasteiger charge is -2.07. The highest BCUT2D eigenvalue weighted by Crippen LogP contribution is 2.33. The van der Waals surface area contributed by atoms with Gasteiger partial charge in [0.05, 0.1) is 10.2 Å². The molecule has 0 N–H and O–H groups in total. The van der Waals surface area contributed by atoms with Crippen molar-refractivity contribution in [2.75, 3.05) is 0 Å². The van der Waals surface area contributed by atoms with Crippen molar-refractivity contribution in [2.24, 2.45) is 0 Å². The zero-order valence-corrected chi connectivity index (χ0v) is 13.7. The third-order valence-corrected chi connectivity index (χ3v) is 4.40. The molecule has 2 aromatic carbocycles. The minimum absolute atomic E-state index is 0.0174. The highest BCUT2D eigenvalue weighted by atomic mass is 32.1. The van der Waals surface area contributed by atoms with Crippen LogP contribution in [0.25, 0.3) is 10.2 Å². The first-order chi connectivity index (χ1) is 11.9. The number of nitrogens with zero attached hydrogens (tertiary/aromatic N) is 1. The topological polar surface area (TPSA) is 39.2 Å². The Morgan fingerprint density at radius 3 is 2.32 bits per heavy atom. The van der Waals surface area contributed by atoms with Crippen LogP contribution in [0, 0.1) is 23.3 Å². The van der Waals surface area contributed by atoms with E-state index in [1.165, 1.54) is 0 Å². The Morgan fingerprint density at radius 1 is 1.04 bits per heavy atom. The number of hydrogen-bond donors (Lipinski definition) is 0. The smallest absolute Gasteiger partial charge is 0.279 e. The van der Waals surface area contributed by atoms with E-state index < -0.39 is 23.3 Å². The van der Waals surface area contributed by atoms with Gasteiger partial charge in [0.25, 0.3) is 5.19 Å². The van der Waals surface area contributed by atoms with Crippen molar-refractivity contribution < 1.29 is 27.1 Å². The molecule has 0 saturated carbocycles. The summed E-state index contributed by atoms with van der Waals surface area (Å²) in [6.07, 6.45) is -0.163. The van der Waals surface area contributed by atoms with Gasteiger partial charge in [0.2, 0.25) is 0 Å². The lowest BCUT2D eigenvalue weighted by Crippen LogP contribution is -2.05. The summed E-state index contributed by atoms with van der Waals surface area (Å²) in [5.41, 5.74) is -0.155. The van der Waals surface area contributed by atoms with Crippen molar-refractivity contribution >= 4 is 27.3 Å². The van der Waals surface area contributed by atoms with Crippen molar-refractivity contribution in [1.29, 1.82) is 0 Å². The molecule has 0 bridgehead atoms. The van der Waals surface area contributed by atoms with Crippen LogP contribution in [0.2, 0.25) is 0 Å². The van der Waals surface area contributed by atoms with Gasteiger partial charge in [-0.1, -0.05) is 18.3 Å². The van der Waals surface area contributed by atoms with Gasteiger partial charge in [-0.25, -0.2) is 22.5 Å². The molecule has 0 aliphatic heterocycles. The van der Waals surface area contributed by atoms with E-state index in [4.69, 9.17) is 4.74 Å². The highest BCUT2D eigenvalue weighted by molar-refractivity contribution is 7.20. The maximum Gasteiger partial charge on any atom is 0.279 e. The van der Waals surface area contributed by atoms with E-state index in [1.807, 2.05) is 0 Å². The van der Waals surface area contributed by atoms with Crippen molar-refractivity contribution in [1.82, 2.24) is 4.98 Å². The number of fused-ring (bicyclic) bond motifs is 1. The van der Waals surface area contributed by atoms with E-state index in [0.717, 1.165) is 35.6 Å². The van der Waals surface area contributed by atoms with E-state index in [0.29, 0.717) is 4.70 Å². The van der Waals surface area contributed by atoms with Gasteiger partial charge in [-0.2, -0.15) is 0 Å². The Labute approximate surface area is 143 Å². The number of carbonyl (C=O) groups excluding carboxylic acids is 1. The van der Waals surface area contributed by atoms with E-state index in [9.17, 15) is 22.4 Å². The number of carbonyl (C=O) groups is 1. The Bertz CT molecular complexity index is 909. The summed E-state index contributed by atoms with van der Waals surface area (Å²) in [7, 11) is 0. The second-order valence-corrected chi connectivity index (χ2v) is 6.24. The van der Waals surface area contributed by atoms with Crippen LogP contribution in [-0.4, -0.2) is 10.8 Å². The van der Waals surface area contributed by atoms with Crippen LogP contribution in [0.4, 0.5) is 17.6 Å². The van der Waals surface area contributed by atoms with Crippen LogP contribution < -0.4 is 4.74 Å². The number of ether oxygens (including phenoxy) is 1. The molecule has 3 aromatic rings. The molecule has 3 rings (SSSR count). The molecule has 25 heavy (non-hydrogen) atoms. The van der Waals surface area contributed by atoms with Crippen LogP contribution in [-0.2, 0) is 11.2 Å². The minimum atomic E-state index is -1.05. The number of ketones is 1. The molecular formula is C17H11F4NO2S. The highest BCUT2D eigenvalue weighted by Gasteiger charge is 2.16. The van der Waals surface area contributed by atoms with Gasteiger partial charge < -0.3 is 4.74 Å². The monoisotopic (exact) mass is 369 g/mol. The predicted octanol–water partition coefficient (Wildman–Crippen LogP) is 5.17. The molecule has 130 valence electrons. The maximum absolute atomic E-state index is 14.0. The number of halogens is 4. The van der Waals surface area contributed by atoms with E-state index in [-0.39, 0.29) is 40.6 Å². The summed E-state index contributed by atoms with van der Waals surface area (Å²) in [6.45, 7) is 1.61. The second-order valence-electron chi connectivity index (χ2n) is 5.25. The molecule has 1 aromatic heterocycles. The van der Waals surface area contributed by atoms with Crippen LogP contribution in [0.3, 0.4) is 0 Å². The summed E-state index contributed by atoms with van der Waals surface area (Å²) in [6, 6.07) is 3.76. The van der Waals surface area contributed by atoms with Crippen molar-refractivity contribution in [2.45, 2.75) is 19.8 Å². The Kier molecular flexibility index (Phi) is 4.71. The van der Waals surface area contributed by atoms with Crippen molar-refractivity contribution in [3.8, 4) is 10.9 Å². The summed E-state index contributed by atoms with van der Waals surface area (Å²) < 4.78 is 60.1. The van der Waals surface area contributed by atoms with Gasteiger partial charge in [-0.3, -0.25) is 4.79 Å². The molecular weight excluding hydrogens is 358 g/mol. The molecule has 8 heteroatoms. The average molecular weight is 369 g/mol. The Morgan fingerprint density at radius 2 is 1.68 bits per heavy atom. The number of aromatic nitrogens is 1. The third-order valence-electron chi connectivity index (χ3n) is 3.50. The van der Waals surface area contributed by atoms with E-state index in [2.05, 4.69) is 4.98 Å². The van der Waals surface area contributed by atoms with Crippen LogP contribution >= 0.6 is 11.3 Å².